The maximum Gasteiger partial charge on any atom is 0.387 e. The average Bonchev–Trinajstić information content (AvgIpc) is 2.76. The van der Waals surface area contributed by atoms with Gasteiger partial charge in [-0.05, 0) is 53.6 Å². The maximum absolute atomic E-state index is 12.4. The number of anilines is 1. The molecule has 2 aliphatic rings. The van der Waals surface area contributed by atoms with Gasteiger partial charge in [0.05, 0.1) is 26.8 Å². The molecule has 2 aromatic rings. The minimum absolute atomic E-state index is 0.101. The van der Waals surface area contributed by atoms with E-state index in [0.717, 1.165) is 35.6 Å². The molecule has 0 aliphatic carbocycles. The van der Waals surface area contributed by atoms with Crippen LogP contribution < -0.4 is 15.1 Å². The first kappa shape index (κ1) is 18.0. The van der Waals surface area contributed by atoms with E-state index in [9.17, 15) is 8.78 Å². The second-order valence-corrected chi connectivity index (χ2v) is 6.69. The lowest BCUT2D eigenvalue weighted by Crippen LogP contribution is -2.38. The van der Waals surface area contributed by atoms with E-state index in [1.165, 1.54) is 12.1 Å². The van der Waals surface area contributed by atoms with Gasteiger partial charge in [-0.25, -0.2) is 0 Å². The fraction of sp³-hybridized carbons (Fsp3) is 0.273. The SMILES string of the molecule is [2H]C1=CNN(Cc2ccccc2N2CCOCC2)C(c2ccc(OC(F)F)cc2)=C1. The summed E-state index contributed by atoms with van der Waals surface area (Å²) < 4.78 is 42.8. The summed E-state index contributed by atoms with van der Waals surface area (Å²) in [6, 6.07) is 15.0. The van der Waals surface area contributed by atoms with Crippen molar-refractivity contribution in [1.29, 1.82) is 0 Å². The van der Waals surface area contributed by atoms with E-state index in [4.69, 9.17) is 6.11 Å². The van der Waals surface area contributed by atoms with Crippen LogP contribution in [0.1, 0.15) is 12.5 Å². The van der Waals surface area contributed by atoms with Gasteiger partial charge in [-0.2, -0.15) is 8.78 Å². The van der Waals surface area contributed by atoms with Crippen LogP contribution in [0, 0.1) is 0 Å². The number of hydrogen-bond donors (Lipinski definition) is 1. The number of para-hydroxylation sites is 1. The molecule has 0 bridgehead atoms. The largest absolute Gasteiger partial charge is 0.435 e. The number of rotatable bonds is 6. The smallest absolute Gasteiger partial charge is 0.387 e. The summed E-state index contributed by atoms with van der Waals surface area (Å²) in [7, 11) is 0. The number of hydrogen-bond acceptors (Lipinski definition) is 5. The molecule has 0 radical (unpaired) electrons. The third-order valence-electron chi connectivity index (χ3n) is 4.86. The first-order valence-corrected chi connectivity index (χ1v) is 9.48. The zero-order valence-corrected chi connectivity index (χ0v) is 15.9. The third kappa shape index (κ3) is 4.68. The number of ether oxygens (including phenoxy) is 2. The quantitative estimate of drug-likeness (QED) is 0.793. The highest BCUT2D eigenvalue weighted by Crippen LogP contribution is 2.28. The van der Waals surface area contributed by atoms with Crippen LogP contribution in [0.15, 0.2) is 66.9 Å². The lowest BCUT2D eigenvalue weighted by Gasteiger charge is -2.34. The lowest BCUT2D eigenvalue weighted by atomic mass is 10.1. The van der Waals surface area contributed by atoms with Gasteiger partial charge in [-0.3, -0.25) is 5.01 Å². The van der Waals surface area contributed by atoms with E-state index in [-0.39, 0.29) is 5.75 Å². The zero-order chi connectivity index (χ0) is 20.9. The predicted octanol–water partition coefficient (Wildman–Crippen LogP) is 4.00. The monoisotopic (exact) mass is 400 g/mol. The molecule has 2 aliphatic heterocycles. The van der Waals surface area contributed by atoms with Crippen LogP contribution in [0.3, 0.4) is 0 Å². The van der Waals surface area contributed by atoms with Gasteiger partial charge in [-0.15, -0.1) is 0 Å². The number of alkyl halides is 2. The van der Waals surface area contributed by atoms with Crippen molar-refractivity contribution < 1.29 is 19.6 Å². The van der Waals surface area contributed by atoms with Gasteiger partial charge >= 0.3 is 6.61 Å². The van der Waals surface area contributed by atoms with Crippen LogP contribution in [0.25, 0.3) is 5.70 Å². The zero-order valence-electron chi connectivity index (χ0n) is 16.9. The van der Waals surface area contributed by atoms with Gasteiger partial charge in [-0.1, -0.05) is 18.2 Å². The van der Waals surface area contributed by atoms with E-state index >= 15 is 0 Å². The van der Waals surface area contributed by atoms with Crippen molar-refractivity contribution in [3.8, 4) is 5.75 Å². The summed E-state index contributed by atoms with van der Waals surface area (Å²) in [5.41, 5.74) is 7.03. The van der Waals surface area contributed by atoms with Crippen molar-refractivity contribution in [2.75, 3.05) is 31.2 Å². The Bertz CT molecular complexity index is 928. The summed E-state index contributed by atoms with van der Waals surface area (Å²) in [4.78, 5) is 2.31. The lowest BCUT2D eigenvalue weighted by molar-refractivity contribution is -0.0498. The molecule has 0 atom stereocenters. The third-order valence-corrected chi connectivity index (χ3v) is 4.86. The number of nitrogens with one attached hydrogen (secondary N) is 1. The fourth-order valence-corrected chi connectivity index (χ4v) is 3.49. The molecule has 5 nitrogen and oxygen atoms in total. The van der Waals surface area contributed by atoms with Crippen molar-refractivity contribution in [1.82, 2.24) is 10.4 Å². The minimum atomic E-state index is -2.86. The first-order chi connectivity index (χ1) is 14.6. The van der Waals surface area contributed by atoms with Crippen molar-refractivity contribution in [2.24, 2.45) is 0 Å². The molecule has 0 aromatic heterocycles. The molecule has 0 spiro atoms. The van der Waals surface area contributed by atoms with Crippen LogP contribution in [-0.4, -0.2) is 37.9 Å². The molecule has 0 unspecified atom stereocenters. The number of allylic oxidation sites excluding steroid dienone is 2. The normalized spacial score (nSPS) is 17.4. The molecule has 7 heteroatoms. The Hall–Kier alpha value is -3.06. The van der Waals surface area contributed by atoms with Crippen molar-refractivity contribution in [2.45, 2.75) is 13.2 Å². The summed E-state index contributed by atoms with van der Waals surface area (Å²) in [5.74, 6) is 0.101. The number of hydrazine groups is 1. The Morgan fingerprint density at radius 1 is 1.10 bits per heavy atom. The fourth-order valence-electron chi connectivity index (χ4n) is 3.49. The summed E-state index contributed by atoms with van der Waals surface area (Å²) in [6.45, 7) is 0.810. The van der Waals surface area contributed by atoms with E-state index < -0.39 is 6.61 Å². The van der Waals surface area contributed by atoms with Gasteiger partial charge in [0.2, 0.25) is 0 Å². The summed E-state index contributed by atoms with van der Waals surface area (Å²) in [5, 5.41) is 1.94. The van der Waals surface area contributed by atoms with Crippen LogP contribution in [-0.2, 0) is 11.3 Å². The van der Waals surface area contributed by atoms with Crippen LogP contribution in [0.2, 0.25) is 0 Å². The van der Waals surface area contributed by atoms with E-state index in [1.54, 1.807) is 24.4 Å². The second-order valence-electron chi connectivity index (χ2n) is 6.69. The Morgan fingerprint density at radius 2 is 1.86 bits per heavy atom. The maximum atomic E-state index is 12.4. The van der Waals surface area contributed by atoms with Gasteiger partial charge < -0.3 is 19.8 Å². The molecule has 152 valence electrons. The number of halogens is 2. The van der Waals surface area contributed by atoms with E-state index in [0.29, 0.717) is 25.8 Å². The minimum Gasteiger partial charge on any atom is -0.435 e. The van der Waals surface area contributed by atoms with Crippen molar-refractivity contribution >= 4 is 11.4 Å². The molecule has 29 heavy (non-hydrogen) atoms. The number of benzene rings is 2. The Kier molecular flexibility index (Phi) is 5.56. The first-order valence-electron chi connectivity index (χ1n) is 9.98. The Morgan fingerprint density at radius 3 is 2.62 bits per heavy atom. The summed E-state index contributed by atoms with van der Waals surface area (Å²) in [6.07, 6.45) is 3.37. The van der Waals surface area contributed by atoms with Gasteiger partial charge in [0, 0.05) is 25.0 Å². The Balaban J connectivity index is 1.57. The summed E-state index contributed by atoms with van der Waals surface area (Å²) >= 11 is 0. The molecular formula is C22H23F2N3O2. The van der Waals surface area contributed by atoms with Crippen LogP contribution in [0.4, 0.5) is 14.5 Å². The molecule has 4 rings (SSSR count). The topological polar surface area (TPSA) is 37.0 Å². The highest BCUT2D eigenvalue weighted by molar-refractivity contribution is 5.67. The molecule has 2 aromatic carbocycles. The average molecular weight is 400 g/mol. The highest BCUT2D eigenvalue weighted by Gasteiger charge is 2.19. The van der Waals surface area contributed by atoms with Crippen LogP contribution >= 0.6 is 0 Å². The molecular weight excluding hydrogens is 376 g/mol. The standard InChI is InChI=1S/C22H23F2N3O2/c23-22(24)29-19-9-7-17(8-10-19)21-6-3-11-25-27(21)16-18-4-1-2-5-20(18)26-12-14-28-15-13-26/h1-11,22,25H,12-16H2/i3D. The molecule has 1 saturated heterocycles. The predicted molar refractivity (Wildman–Crippen MR) is 108 cm³/mol. The molecule has 1 fully saturated rings. The van der Waals surface area contributed by atoms with E-state index in [2.05, 4.69) is 27.2 Å². The highest BCUT2D eigenvalue weighted by atomic mass is 19.3. The van der Waals surface area contributed by atoms with E-state index in [1.807, 2.05) is 17.1 Å². The Labute approximate surface area is 170 Å². The second kappa shape index (κ2) is 8.96. The molecule has 0 saturated carbocycles. The molecule has 2 heterocycles. The van der Waals surface area contributed by atoms with Crippen molar-refractivity contribution in [3.63, 3.8) is 0 Å². The number of nitrogens with zero attached hydrogens (tertiary/aromatic N) is 2. The van der Waals surface area contributed by atoms with Gasteiger partial charge in [0.15, 0.2) is 0 Å². The van der Waals surface area contributed by atoms with Gasteiger partial charge in [0.1, 0.15) is 5.75 Å². The van der Waals surface area contributed by atoms with Crippen molar-refractivity contribution in [3.05, 3.63) is 78.0 Å². The molecule has 0 amide bonds. The molecule has 1 N–H and O–H groups in total. The van der Waals surface area contributed by atoms with Gasteiger partial charge in [0.25, 0.3) is 0 Å². The van der Waals surface area contributed by atoms with Crippen LogP contribution in [0.5, 0.6) is 5.75 Å². The number of morpholine rings is 1.